The molecule has 0 aromatic rings. The van der Waals surface area contributed by atoms with Crippen molar-refractivity contribution < 1.29 is 24.6 Å². The number of carbonyl (C=O) groups excluding carboxylic acids is 1. The Morgan fingerprint density at radius 1 is 1.12 bits per heavy atom. The molecule has 0 aromatic heterocycles. The number of hydrogen-bond donors (Lipinski definition) is 4. The van der Waals surface area contributed by atoms with Gasteiger partial charge in [0.1, 0.15) is 6.04 Å². The molecule has 0 rings (SSSR count). The van der Waals surface area contributed by atoms with Crippen molar-refractivity contribution in [1.29, 1.82) is 0 Å². The fourth-order valence-electron chi connectivity index (χ4n) is 0.747. The van der Waals surface area contributed by atoms with E-state index < -0.39 is 29.1 Å². The minimum atomic E-state index is -1.19. The van der Waals surface area contributed by atoms with Gasteiger partial charge in [-0.3, -0.25) is 14.4 Å². The van der Waals surface area contributed by atoms with E-state index in [4.69, 9.17) is 21.7 Å². The number of nitrogens with two attached hydrogens (primary N) is 2. The maximum absolute atomic E-state index is 11.3. The molecule has 0 aliphatic rings. The van der Waals surface area contributed by atoms with Crippen LogP contribution in [0.4, 0.5) is 0 Å². The second-order valence-corrected chi connectivity index (χ2v) is 4.14. The van der Waals surface area contributed by atoms with E-state index in [0.717, 1.165) is 0 Å². The van der Waals surface area contributed by atoms with E-state index >= 15 is 0 Å². The molecule has 2 atom stereocenters. The molecule has 92 valence electrons. The molecule has 0 fully saturated rings. The van der Waals surface area contributed by atoms with Crippen LogP contribution < -0.4 is 11.5 Å². The van der Waals surface area contributed by atoms with Crippen LogP contribution in [0.1, 0.15) is 12.8 Å². The number of carboxylic acids is 2. The lowest BCUT2D eigenvalue weighted by molar-refractivity contribution is -0.138. The molecule has 16 heavy (non-hydrogen) atoms. The van der Waals surface area contributed by atoms with E-state index in [0.29, 0.717) is 11.8 Å². The molecule has 0 saturated carbocycles. The standard InChI is InChI=1S/C8H14N2O5S/c9-4(1-2-6(11)12)8(15)16-3-5(10)7(13)14/h4-5H,1-3,9-10H2,(H,11,12)(H,13,14)/t4-,5-/m0/s1. The molecule has 0 saturated heterocycles. The second kappa shape index (κ2) is 7.20. The maximum Gasteiger partial charge on any atom is 0.321 e. The Morgan fingerprint density at radius 3 is 2.12 bits per heavy atom. The molecular weight excluding hydrogens is 236 g/mol. The van der Waals surface area contributed by atoms with Crippen LogP contribution in [-0.2, 0) is 14.4 Å². The number of aliphatic carboxylic acids is 2. The van der Waals surface area contributed by atoms with Crippen LogP contribution in [0.3, 0.4) is 0 Å². The number of carbonyl (C=O) groups is 3. The van der Waals surface area contributed by atoms with E-state index in [-0.39, 0.29) is 18.6 Å². The predicted octanol–water partition coefficient (Wildman–Crippen LogP) is -1.15. The van der Waals surface area contributed by atoms with Crippen LogP contribution in [0.2, 0.25) is 0 Å². The van der Waals surface area contributed by atoms with Gasteiger partial charge in [0.15, 0.2) is 0 Å². The van der Waals surface area contributed by atoms with E-state index in [1.807, 2.05) is 0 Å². The third-order valence-corrected chi connectivity index (χ3v) is 2.81. The Morgan fingerprint density at radius 2 is 1.69 bits per heavy atom. The maximum atomic E-state index is 11.3. The highest BCUT2D eigenvalue weighted by Crippen LogP contribution is 2.09. The van der Waals surface area contributed by atoms with Gasteiger partial charge in [-0.05, 0) is 6.42 Å². The Hall–Kier alpha value is -1.12. The average molecular weight is 250 g/mol. The summed E-state index contributed by atoms with van der Waals surface area (Å²) in [4.78, 5) is 31.8. The summed E-state index contributed by atoms with van der Waals surface area (Å²) in [6.07, 6.45) is -0.165. The summed E-state index contributed by atoms with van der Waals surface area (Å²) >= 11 is 0.710. The van der Waals surface area contributed by atoms with Gasteiger partial charge in [0.25, 0.3) is 0 Å². The van der Waals surface area contributed by atoms with Gasteiger partial charge < -0.3 is 21.7 Å². The van der Waals surface area contributed by atoms with Crippen molar-refractivity contribution in [2.45, 2.75) is 24.9 Å². The lowest BCUT2D eigenvalue weighted by Crippen LogP contribution is -2.35. The molecule has 6 N–H and O–H groups in total. The molecule has 0 unspecified atom stereocenters. The predicted molar refractivity (Wildman–Crippen MR) is 57.9 cm³/mol. The normalized spacial score (nSPS) is 14.1. The van der Waals surface area contributed by atoms with Crippen LogP contribution in [0.25, 0.3) is 0 Å². The van der Waals surface area contributed by atoms with Crippen molar-refractivity contribution in [2.24, 2.45) is 11.5 Å². The highest BCUT2D eigenvalue weighted by Gasteiger charge is 2.19. The Labute approximate surface area is 96.2 Å². The van der Waals surface area contributed by atoms with Crippen molar-refractivity contribution >= 4 is 28.8 Å². The first kappa shape index (κ1) is 14.9. The Kier molecular flexibility index (Phi) is 6.70. The minimum Gasteiger partial charge on any atom is -0.481 e. The quantitative estimate of drug-likeness (QED) is 0.443. The molecule has 0 spiro atoms. The Bertz CT molecular complexity index is 284. The number of carboxylic acid groups (broad SMARTS) is 2. The Balaban J connectivity index is 3.87. The summed E-state index contributed by atoms with van der Waals surface area (Å²) in [7, 11) is 0. The van der Waals surface area contributed by atoms with Gasteiger partial charge >= 0.3 is 11.9 Å². The number of hydrogen-bond acceptors (Lipinski definition) is 6. The zero-order valence-electron chi connectivity index (χ0n) is 8.46. The van der Waals surface area contributed by atoms with E-state index in [1.54, 1.807) is 0 Å². The van der Waals surface area contributed by atoms with Crippen LogP contribution in [0.15, 0.2) is 0 Å². The second-order valence-electron chi connectivity index (χ2n) is 3.11. The van der Waals surface area contributed by atoms with Crippen LogP contribution in [-0.4, -0.2) is 45.1 Å². The van der Waals surface area contributed by atoms with Gasteiger partial charge in [0, 0.05) is 12.2 Å². The van der Waals surface area contributed by atoms with Crippen molar-refractivity contribution in [3.63, 3.8) is 0 Å². The summed E-state index contributed by atoms with van der Waals surface area (Å²) in [6.45, 7) is 0. The first-order valence-electron chi connectivity index (χ1n) is 4.47. The monoisotopic (exact) mass is 250 g/mol. The van der Waals surface area contributed by atoms with Crippen LogP contribution >= 0.6 is 11.8 Å². The fourth-order valence-corrected chi connectivity index (χ4v) is 1.57. The summed E-state index contributed by atoms with van der Waals surface area (Å²) in [5.41, 5.74) is 10.6. The largest absolute Gasteiger partial charge is 0.481 e. The van der Waals surface area contributed by atoms with Crippen molar-refractivity contribution in [1.82, 2.24) is 0 Å². The SMILES string of the molecule is N[C@@H](CSC(=O)[C@@H](N)CCC(=O)O)C(=O)O. The lowest BCUT2D eigenvalue weighted by atomic mass is 10.2. The third kappa shape index (κ3) is 6.38. The molecule has 0 heterocycles. The molecule has 0 aliphatic heterocycles. The van der Waals surface area contributed by atoms with Crippen LogP contribution in [0.5, 0.6) is 0 Å². The smallest absolute Gasteiger partial charge is 0.321 e. The summed E-state index contributed by atoms with van der Waals surface area (Å²) in [6, 6.07) is -2.03. The molecule has 0 radical (unpaired) electrons. The molecule has 0 aromatic carbocycles. The van der Waals surface area contributed by atoms with Gasteiger partial charge in [-0.15, -0.1) is 0 Å². The highest BCUT2D eigenvalue weighted by molar-refractivity contribution is 8.13. The van der Waals surface area contributed by atoms with E-state index in [1.165, 1.54) is 0 Å². The third-order valence-electron chi connectivity index (χ3n) is 1.69. The number of rotatable bonds is 7. The molecule has 0 aliphatic carbocycles. The summed E-state index contributed by atoms with van der Waals surface area (Å²) < 4.78 is 0. The first-order chi connectivity index (χ1) is 7.34. The minimum absolute atomic E-state index is 0.0312. The van der Waals surface area contributed by atoms with E-state index in [2.05, 4.69) is 0 Å². The molecule has 7 nitrogen and oxygen atoms in total. The fraction of sp³-hybridized carbons (Fsp3) is 0.625. The summed E-state index contributed by atoms with van der Waals surface area (Å²) in [5.74, 6) is -2.30. The molecule has 0 bridgehead atoms. The molecule has 8 heteroatoms. The average Bonchev–Trinajstić information content (AvgIpc) is 2.21. The van der Waals surface area contributed by atoms with Crippen LogP contribution in [0, 0.1) is 0 Å². The van der Waals surface area contributed by atoms with E-state index in [9.17, 15) is 14.4 Å². The van der Waals surface area contributed by atoms with Crippen molar-refractivity contribution in [3.8, 4) is 0 Å². The topological polar surface area (TPSA) is 144 Å². The zero-order chi connectivity index (χ0) is 12.7. The number of thioether (sulfide) groups is 1. The van der Waals surface area contributed by atoms with Gasteiger partial charge in [-0.1, -0.05) is 11.8 Å². The zero-order valence-corrected chi connectivity index (χ0v) is 9.27. The van der Waals surface area contributed by atoms with Gasteiger partial charge in [-0.25, -0.2) is 0 Å². The van der Waals surface area contributed by atoms with Gasteiger partial charge in [0.05, 0.1) is 6.04 Å². The molecule has 0 amide bonds. The van der Waals surface area contributed by atoms with Gasteiger partial charge in [-0.2, -0.15) is 0 Å². The summed E-state index contributed by atoms with van der Waals surface area (Å²) in [5, 5.41) is 16.4. The van der Waals surface area contributed by atoms with Crippen molar-refractivity contribution in [3.05, 3.63) is 0 Å². The van der Waals surface area contributed by atoms with Crippen molar-refractivity contribution in [2.75, 3.05) is 5.75 Å². The first-order valence-corrected chi connectivity index (χ1v) is 5.45. The molecular formula is C8H14N2O5S. The highest BCUT2D eigenvalue weighted by atomic mass is 32.2. The lowest BCUT2D eigenvalue weighted by Gasteiger charge is -2.09. The van der Waals surface area contributed by atoms with Gasteiger partial charge in [0.2, 0.25) is 5.12 Å².